The van der Waals surface area contributed by atoms with Gasteiger partial charge in [-0.05, 0) is 39.1 Å². The van der Waals surface area contributed by atoms with Gasteiger partial charge >= 0.3 is 0 Å². The van der Waals surface area contributed by atoms with E-state index in [4.69, 9.17) is 9.72 Å². The SMILES string of the molecule is C=Nc1cc(F)c(OC)cc1/C(=C\C)c1cnn2cc(N3CCN(CC(C)(C)O)CC3)cnc12. The first-order valence-electron chi connectivity index (χ1n) is 11.3. The molecule has 1 N–H and O–H groups in total. The van der Waals surface area contributed by atoms with E-state index in [1.165, 1.54) is 13.2 Å². The number of fused-ring (bicyclic) bond motifs is 1. The molecule has 1 fully saturated rings. The molecule has 2 aromatic heterocycles. The molecule has 4 rings (SSSR count). The van der Waals surface area contributed by atoms with Crippen molar-refractivity contribution in [1.29, 1.82) is 0 Å². The fraction of sp³-hybridized carbons (Fsp3) is 0.400. The van der Waals surface area contributed by atoms with Crippen LogP contribution in [0.15, 0.2) is 41.8 Å². The van der Waals surface area contributed by atoms with Gasteiger partial charge in [-0.15, -0.1) is 0 Å². The van der Waals surface area contributed by atoms with Crippen LogP contribution in [0, 0.1) is 5.82 Å². The standard InChI is InChI=1S/C25H31FN6O2/c1-6-18(19-11-23(34-5)21(26)12-22(19)27-4)20-14-29-32-15-17(13-28-24(20)32)31-9-7-30(8-10-31)16-25(2,3)33/h6,11-15,33H,4,7-10,16H2,1-3,5H3/b18-6+. The average molecular weight is 467 g/mol. The molecule has 3 aromatic rings. The van der Waals surface area contributed by atoms with Crippen LogP contribution in [0.1, 0.15) is 31.9 Å². The largest absolute Gasteiger partial charge is 0.494 e. The number of hydrogen-bond donors (Lipinski definition) is 1. The number of aliphatic imine (C=N–C) groups is 1. The second-order valence-electron chi connectivity index (χ2n) is 9.08. The maximum Gasteiger partial charge on any atom is 0.167 e. The second-order valence-corrected chi connectivity index (χ2v) is 9.08. The Balaban J connectivity index is 1.61. The van der Waals surface area contributed by atoms with E-state index in [-0.39, 0.29) is 5.75 Å². The summed E-state index contributed by atoms with van der Waals surface area (Å²) in [5.74, 6) is -0.355. The Kier molecular flexibility index (Phi) is 6.67. The van der Waals surface area contributed by atoms with E-state index < -0.39 is 11.4 Å². The van der Waals surface area contributed by atoms with E-state index in [1.807, 2.05) is 39.2 Å². The van der Waals surface area contributed by atoms with Gasteiger partial charge in [0.2, 0.25) is 0 Å². The molecular formula is C25H31FN6O2. The lowest BCUT2D eigenvalue weighted by molar-refractivity contribution is 0.0345. The van der Waals surface area contributed by atoms with Gasteiger partial charge < -0.3 is 14.7 Å². The number of halogens is 1. The number of hydrogen-bond acceptors (Lipinski definition) is 7. The topological polar surface area (TPSA) is 78.5 Å². The maximum atomic E-state index is 14.2. The molecular weight excluding hydrogens is 435 g/mol. The average Bonchev–Trinajstić information content (AvgIpc) is 3.22. The van der Waals surface area contributed by atoms with Crippen LogP contribution < -0.4 is 9.64 Å². The predicted octanol–water partition coefficient (Wildman–Crippen LogP) is 3.55. The van der Waals surface area contributed by atoms with Crippen LogP contribution in [-0.2, 0) is 0 Å². The first-order valence-corrected chi connectivity index (χ1v) is 11.3. The Morgan fingerprint density at radius 2 is 1.97 bits per heavy atom. The number of allylic oxidation sites excluding steroid dienone is 1. The molecule has 180 valence electrons. The van der Waals surface area contributed by atoms with Gasteiger partial charge in [0, 0.05) is 49.9 Å². The lowest BCUT2D eigenvalue weighted by Crippen LogP contribution is -2.50. The number of aromatic nitrogens is 3. The van der Waals surface area contributed by atoms with E-state index in [1.54, 1.807) is 16.8 Å². The number of nitrogens with zero attached hydrogens (tertiary/aromatic N) is 6. The molecule has 0 amide bonds. The Morgan fingerprint density at radius 1 is 1.24 bits per heavy atom. The zero-order chi connectivity index (χ0) is 24.5. The van der Waals surface area contributed by atoms with Crippen LogP contribution in [0.2, 0.25) is 0 Å². The number of methoxy groups -OCH3 is 1. The van der Waals surface area contributed by atoms with Crippen LogP contribution in [0.4, 0.5) is 15.8 Å². The number of anilines is 1. The third-order valence-electron chi connectivity index (χ3n) is 6.00. The van der Waals surface area contributed by atoms with Gasteiger partial charge in [0.1, 0.15) is 0 Å². The summed E-state index contributed by atoms with van der Waals surface area (Å²) in [6.07, 6.45) is 7.52. The minimum atomic E-state index is -0.700. The van der Waals surface area contributed by atoms with Crippen molar-refractivity contribution in [2.45, 2.75) is 26.4 Å². The summed E-state index contributed by atoms with van der Waals surface area (Å²) < 4.78 is 21.2. The number of ether oxygens (including phenoxy) is 1. The zero-order valence-electron chi connectivity index (χ0n) is 20.1. The number of β-amino-alcohol motifs (C(OH)–C–C–N with tert-alkyl or cyclic N) is 1. The maximum absolute atomic E-state index is 14.2. The summed E-state index contributed by atoms with van der Waals surface area (Å²) in [4.78, 5) is 13.3. The van der Waals surface area contributed by atoms with Crippen molar-refractivity contribution in [3.8, 4) is 5.75 Å². The summed E-state index contributed by atoms with van der Waals surface area (Å²) in [6, 6.07) is 2.94. The number of piperazine rings is 1. The van der Waals surface area contributed by atoms with Crippen molar-refractivity contribution in [1.82, 2.24) is 19.5 Å². The molecule has 0 bridgehead atoms. The molecule has 1 saturated heterocycles. The fourth-order valence-electron chi connectivity index (χ4n) is 4.43. The van der Waals surface area contributed by atoms with Crippen molar-refractivity contribution in [2.75, 3.05) is 44.7 Å². The highest BCUT2D eigenvalue weighted by atomic mass is 19.1. The number of rotatable bonds is 7. The second kappa shape index (κ2) is 9.52. The predicted molar refractivity (Wildman–Crippen MR) is 133 cm³/mol. The van der Waals surface area contributed by atoms with Crippen molar-refractivity contribution in [2.24, 2.45) is 4.99 Å². The molecule has 0 aliphatic carbocycles. The van der Waals surface area contributed by atoms with Crippen molar-refractivity contribution in [3.63, 3.8) is 0 Å². The van der Waals surface area contributed by atoms with Gasteiger partial charge in [0.25, 0.3) is 0 Å². The first kappa shape index (κ1) is 23.8. The first-order chi connectivity index (χ1) is 16.2. The van der Waals surface area contributed by atoms with Gasteiger partial charge in [-0.2, -0.15) is 5.10 Å². The molecule has 0 unspecified atom stereocenters. The Hall–Kier alpha value is -3.30. The molecule has 1 aliphatic rings. The van der Waals surface area contributed by atoms with Crippen molar-refractivity contribution < 1.29 is 14.2 Å². The molecule has 8 nitrogen and oxygen atoms in total. The Labute approximate surface area is 199 Å². The highest BCUT2D eigenvalue weighted by molar-refractivity contribution is 5.90. The van der Waals surface area contributed by atoms with Gasteiger partial charge in [0.15, 0.2) is 17.2 Å². The lowest BCUT2D eigenvalue weighted by Gasteiger charge is -2.38. The van der Waals surface area contributed by atoms with E-state index in [0.29, 0.717) is 23.4 Å². The molecule has 0 atom stereocenters. The lowest BCUT2D eigenvalue weighted by atomic mass is 9.97. The van der Waals surface area contributed by atoms with Crippen LogP contribution in [0.3, 0.4) is 0 Å². The highest BCUT2D eigenvalue weighted by Gasteiger charge is 2.24. The van der Waals surface area contributed by atoms with Gasteiger partial charge in [-0.3, -0.25) is 9.89 Å². The van der Waals surface area contributed by atoms with Crippen LogP contribution in [0.25, 0.3) is 11.2 Å². The monoisotopic (exact) mass is 466 g/mol. The highest BCUT2D eigenvalue weighted by Crippen LogP contribution is 2.37. The molecule has 34 heavy (non-hydrogen) atoms. The van der Waals surface area contributed by atoms with Gasteiger partial charge in [-0.25, -0.2) is 13.9 Å². The summed E-state index contributed by atoms with van der Waals surface area (Å²) in [7, 11) is 1.43. The Bertz CT molecular complexity index is 1220. The quantitative estimate of drug-likeness (QED) is 0.537. The summed E-state index contributed by atoms with van der Waals surface area (Å²) in [6.45, 7) is 13.3. The van der Waals surface area contributed by atoms with Crippen molar-refractivity contribution >= 4 is 29.3 Å². The Morgan fingerprint density at radius 3 is 2.59 bits per heavy atom. The normalized spacial score (nSPS) is 15.7. The van der Waals surface area contributed by atoms with Crippen LogP contribution in [0.5, 0.6) is 5.75 Å². The zero-order valence-corrected chi connectivity index (χ0v) is 20.1. The molecule has 3 heterocycles. The smallest absolute Gasteiger partial charge is 0.167 e. The fourth-order valence-corrected chi connectivity index (χ4v) is 4.43. The van der Waals surface area contributed by atoms with E-state index >= 15 is 0 Å². The third-order valence-corrected chi connectivity index (χ3v) is 6.00. The van der Waals surface area contributed by atoms with Gasteiger partial charge in [0.05, 0.1) is 42.7 Å². The molecule has 0 radical (unpaired) electrons. The molecule has 1 aromatic carbocycles. The van der Waals surface area contributed by atoms with Crippen LogP contribution >= 0.6 is 0 Å². The van der Waals surface area contributed by atoms with Gasteiger partial charge in [-0.1, -0.05) is 6.08 Å². The van der Waals surface area contributed by atoms with Crippen LogP contribution in [-0.4, -0.2) is 76.8 Å². The summed E-state index contributed by atoms with van der Waals surface area (Å²) in [5, 5.41) is 14.6. The minimum Gasteiger partial charge on any atom is -0.494 e. The number of aliphatic hydroxyl groups is 1. The minimum absolute atomic E-state index is 0.136. The van der Waals surface area contributed by atoms with Crippen molar-refractivity contribution in [3.05, 3.63) is 53.7 Å². The molecule has 0 spiro atoms. The van der Waals surface area contributed by atoms with E-state index in [0.717, 1.165) is 43.0 Å². The molecule has 0 saturated carbocycles. The molecule has 9 heteroatoms. The third kappa shape index (κ3) is 4.80. The summed E-state index contributed by atoms with van der Waals surface area (Å²) in [5.41, 5.74) is 3.72. The van der Waals surface area contributed by atoms with E-state index in [2.05, 4.69) is 26.6 Å². The number of benzene rings is 1. The summed E-state index contributed by atoms with van der Waals surface area (Å²) >= 11 is 0. The van der Waals surface area contributed by atoms with E-state index in [9.17, 15) is 9.50 Å². The molecule has 1 aliphatic heterocycles.